The Kier molecular flexibility index (Phi) is 2.96. The van der Waals surface area contributed by atoms with E-state index in [2.05, 4.69) is 5.32 Å². The summed E-state index contributed by atoms with van der Waals surface area (Å²) in [6, 6.07) is 0. The molecule has 0 atom stereocenters. The van der Waals surface area contributed by atoms with E-state index < -0.39 is 0 Å². The fraction of sp³-hybridized carbons (Fsp3) is 0.300. The Morgan fingerprint density at radius 2 is 1.93 bits per heavy atom. The average molecular weight is 193 g/mol. The van der Waals surface area contributed by atoms with Gasteiger partial charge in [0.25, 0.3) is 0 Å². The quantitative estimate of drug-likeness (QED) is 0.643. The summed E-state index contributed by atoms with van der Waals surface area (Å²) in [6.45, 7) is 3.42. The zero-order valence-corrected chi connectivity index (χ0v) is 8.03. The molecule has 0 heterocycles. The number of hydrogen-bond donors (Lipinski definition) is 1. The molecule has 0 bridgehead atoms. The van der Waals surface area contributed by atoms with Crippen molar-refractivity contribution in [3.8, 4) is 0 Å². The Balaban J connectivity index is 2.74. The molecule has 4 heteroatoms. The number of amides is 1. The number of allylic oxidation sites excluding steroid dienone is 3. The van der Waals surface area contributed by atoms with Crippen molar-refractivity contribution in [2.75, 3.05) is 0 Å². The molecule has 0 unspecified atom stereocenters. The number of hydrogen-bond acceptors (Lipinski definition) is 3. The van der Waals surface area contributed by atoms with E-state index in [1.165, 1.54) is 6.08 Å². The lowest BCUT2D eigenvalue weighted by molar-refractivity contribution is -0.124. The minimum atomic E-state index is -0.349. The van der Waals surface area contributed by atoms with Gasteiger partial charge in [-0.1, -0.05) is 13.8 Å². The van der Waals surface area contributed by atoms with Crippen LogP contribution in [0, 0.1) is 5.92 Å². The summed E-state index contributed by atoms with van der Waals surface area (Å²) in [5.41, 5.74) is 0.0520. The lowest BCUT2D eigenvalue weighted by atomic mass is 10.1. The smallest absolute Gasteiger partial charge is 0.227 e. The zero-order chi connectivity index (χ0) is 10.7. The molecule has 0 aromatic rings. The largest absolute Gasteiger partial charge is 0.322 e. The summed E-state index contributed by atoms with van der Waals surface area (Å²) in [5, 5.41) is 2.40. The van der Waals surface area contributed by atoms with E-state index in [1.54, 1.807) is 13.8 Å². The maximum Gasteiger partial charge on any atom is 0.227 e. The van der Waals surface area contributed by atoms with Crippen LogP contribution in [0.25, 0.3) is 0 Å². The maximum absolute atomic E-state index is 11.2. The molecule has 14 heavy (non-hydrogen) atoms. The predicted molar refractivity (Wildman–Crippen MR) is 50.2 cm³/mol. The van der Waals surface area contributed by atoms with Gasteiger partial charge in [0.15, 0.2) is 5.78 Å². The number of carbonyl (C=O) groups excluding carboxylic acids is 3. The minimum Gasteiger partial charge on any atom is -0.322 e. The highest BCUT2D eigenvalue weighted by molar-refractivity contribution is 6.18. The van der Waals surface area contributed by atoms with Crippen molar-refractivity contribution in [2.45, 2.75) is 13.8 Å². The van der Waals surface area contributed by atoms with Gasteiger partial charge in [0.1, 0.15) is 0 Å². The molecule has 0 saturated heterocycles. The standard InChI is InChI=1S/C10H11NO3/c1-6(2)10(14)11-8-5-7(12)3-4-9(8)13/h3-6H,1-2H3,(H,11,14). The number of nitrogens with one attached hydrogen (secondary N) is 1. The van der Waals surface area contributed by atoms with Crippen LogP contribution >= 0.6 is 0 Å². The van der Waals surface area contributed by atoms with Crippen molar-refractivity contribution in [3.05, 3.63) is 23.9 Å². The maximum atomic E-state index is 11.2. The number of carbonyl (C=O) groups is 3. The van der Waals surface area contributed by atoms with E-state index in [0.29, 0.717) is 0 Å². The van der Waals surface area contributed by atoms with Gasteiger partial charge in [-0.3, -0.25) is 14.4 Å². The molecule has 1 amide bonds. The van der Waals surface area contributed by atoms with Crippen LogP contribution < -0.4 is 5.32 Å². The van der Waals surface area contributed by atoms with Crippen molar-refractivity contribution in [3.63, 3.8) is 0 Å². The zero-order valence-electron chi connectivity index (χ0n) is 8.03. The van der Waals surface area contributed by atoms with Crippen LogP contribution in [0.1, 0.15) is 13.8 Å². The monoisotopic (exact) mass is 193 g/mol. The van der Waals surface area contributed by atoms with Crippen molar-refractivity contribution in [1.82, 2.24) is 5.32 Å². The van der Waals surface area contributed by atoms with Gasteiger partial charge < -0.3 is 5.32 Å². The second kappa shape index (κ2) is 4.00. The van der Waals surface area contributed by atoms with Crippen LogP contribution in [0.4, 0.5) is 0 Å². The van der Waals surface area contributed by atoms with Gasteiger partial charge in [-0.25, -0.2) is 0 Å². The summed E-state index contributed by atoms with van der Waals surface area (Å²) >= 11 is 0. The van der Waals surface area contributed by atoms with Crippen molar-refractivity contribution >= 4 is 17.5 Å². The van der Waals surface area contributed by atoms with Gasteiger partial charge in [0.05, 0.1) is 5.70 Å². The third kappa shape index (κ3) is 2.39. The molecule has 1 rings (SSSR count). The Morgan fingerprint density at radius 1 is 1.29 bits per heavy atom. The molecular formula is C10H11NO3. The molecule has 74 valence electrons. The summed E-state index contributed by atoms with van der Waals surface area (Å²) in [5.74, 6) is -1.13. The van der Waals surface area contributed by atoms with Gasteiger partial charge in [0, 0.05) is 12.0 Å². The average Bonchev–Trinajstić information content (AvgIpc) is 2.11. The molecule has 0 fully saturated rings. The fourth-order valence-electron chi connectivity index (χ4n) is 0.884. The lowest BCUT2D eigenvalue weighted by Crippen LogP contribution is -2.31. The molecule has 0 spiro atoms. The second-order valence-electron chi connectivity index (χ2n) is 3.30. The highest BCUT2D eigenvalue weighted by atomic mass is 16.2. The van der Waals surface area contributed by atoms with Crippen LogP contribution in [0.2, 0.25) is 0 Å². The molecule has 4 nitrogen and oxygen atoms in total. The van der Waals surface area contributed by atoms with E-state index >= 15 is 0 Å². The fourth-order valence-corrected chi connectivity index (χ4v) is 0.884. The molecule has 0 aromatic carbocycles. The predicted octanol–water partition coefficient (Wildman–Crippen LogP) is 0.350. The van der Waals surface area contributed by atoms with Crippen LogP contribution in [-0.4, -0.2) is 17.5 Å². The summed E-state index contributed by atoms with van der Waals surface area (Å²) < 4.78 is 0. The van der Waals surface area contributed by atoms with E-state index in [9.17, 15) is 14.4 Å². The highest BCUT2D eigenvalue weighted by Gasteiger charge is 2.16. The summed E-state index contributed by atoms with van der Waals surface area (Å²) in [4.78, 5) is 33.3. The molecule has 1 aliphatic carbocycles. The highest BCUT2D eigenvalue weighted by Crippen LogP contribution is 2.03. The molecular weight excluding hydrogens is 182 g/mol. The van der Waals surface area contributed by atoms with E-state index in [4.69, 9.17) is 0 Å². The Morgan fingerprint density at radius 3 is 2.50 bits per heavy atom. The molecule has 0 saturated carbocycles. The van der Waals surface area contributed by atoms with Crippen molar-refractivity contribution in [2.24, 2.45) is 5.92 Å². The molecule has 1 N–H and O–H groups in total. The molecule has 0 radical (unpaired) electrons. The van der Waals surface area contributed by atoms with Crippen LogP contribution in [0.15, 0.2) is 23.9 Å². The van der Waals surface area contributed by atoms with Gasteiger partial charge in [0.2, 0.25) is 11.7 Å². The Bertz CT molecular complexity index is 350. The molecule has 0 aromatic heterocycles. The Hall–Kier alpha value is -1.71. The van der Waals surface area contributed by atoms with Gasteiger partial charge >= 0.3 is 0 Å². The van der Waals surface area contributed by atoms with Crippen molar-refractivity contribution in [1.29, 1.82) is 0 Å². The lowest BCUT2D eigenvalue weighted by Gasteiger charge is -2.10. The SMILES string of the molecule is CC(C)C(=O)NC1=CC(=O)C=CC1=O. The van der Waals surface area contributed by atoms with Crippen molar-refractivity contribution < 1.29 is 14.4 Å². The molecule has 0 aliphatic heterocycles. The molecule has 1 aliphatic rings. The number of rotatable bonds is 2. The summed E-state index contributed by atoms with van der Waals surface area (Å²) in [6.07, 6.45) is 3.45. The van der Waals surface area contributed by atoms with Gasteiger partial charge in [-0.05, 0) is 12.2 Å². The van der Waals surface area contributed by atoms with E-state index in [1.807, 2.05) is 0 Å². The summed E-state index contributed by atoms with van der Waals surface area (Å²) in [7, 11) is 0. The topological polar surface area (TPSA) is 63.2 Å². The van der Waals surface area contributed by atoms with Crippen LogP contribution in [0.5, 0.6) is 0 Å². The van der Waals surface area contributed by atoms with E-state index in [0.717, 1.165) is 12.2 Å². The Labute approximate surface area is 81.7 Å². The van der Waals surface area contributed by atoms with Gasteiger partial charge in [-0.15, -0.1) is 0 Å². The minimum absolute atomic E-state index is 0.0520. The van der Waals surface area contributed by atoms with Gasteiger partial charge in [-0.2, -0.15) is 0 Å². The van der Waals surface area contributed by atoms with E-state index in [-0.39, 0.29) is 29.1 Å². The third-order valence-electron chi connectivity index (χ3n) is 1.73. The first-order valence-electron chi connectivity index (χ1n) is 4.29. The van der Waals surface area contributed by atoms with Crippen LogP contribution in [-0.2, 0) is 14.4 Å². The first-order valence-corrected chi connectivity index (χ1v) is 4.29. The van der Waals surface area contributed by atoms with Crippen LogP contribution in [0.3, 0.4) is 0 Å². The first kappa shape index (κ1) is 10.4. The number of ketones is 2. The second-order valence-corrected chi connectivity index (χ2v) is 3.30. The first-order chi connectivity index (χ1) is 6.50. The normalized spacial score (nSPS) is 15.8. The third-order valence-corrected chi connectivity index (χ3v) is 1.73.